The van der Waals surface area contributed by atoms with Crippen molar-refractivity contribution >= 4 is 34.3 Å². The first-order valence-electron chi connectivity index (χ1n) is 8.30. The van der Waals surface area contributed by atoms with Crippen LogP contribution in [0.3, 0.4) is 0 Å². The largest absolute Gasteiger partial charge is 0.289 e. The van der Waals surface area contributed by atoms with Crippen LogP contribution in [0.15, 0.2) is 60.7 Å². The van der Waals surface area contributed by atoms with Gasteiger partial charge in [0.25, 0.3) is 11.8 Å². The molecule has 3 aromatic rings. The molecule has 3 amide bonds. The van der Waals surface area contributed by atoms with E-state index in [1.807, 2.05) is 6.07 Å². The number of hydrogen-bond acceptors (Lipinski definition) is 4. The second-order valence-electron chi connectivity index (χ2n) is 6.20. The number of amides is 3. The van der Waals surface area contributed by atoms with Crippen LogP contribution >= 0.6 is 0 Å². The summed E-state index contributed by atoms with van der Waals surface area (Å²) in [6.45, 7) is 1.22. The molecule has 1 heterocycles. The molecule has 1 aliphatic rings. The molecule has 0 fully saturated rings. The quantitative estimate of drug-likeness (QED) is 0.576. The summed E-state index contributed by atoms with van der Waals surface area (Å²) in [6.07, 6.45) is 0. The predicted molar refractivity (Wildman–Crippen MR) is 98.1 cm³/mol. The lowest BCUT2D eigenvalue weighted by molar-refractivity contribution is -0.122. The van der Waals surface area contributed by atoms with E-state index in [1.54, 1.807) is 48.5 Å². The van der Waals surface area contributed by atoms with Crippen molar-refractivity contribution in [2.45, 2.75) is 6.92 Å². The SMILES string of the molecule is CC(=O)NN1C(=O)c2cccc3c(C(=O)c4ccccc4)ccc(c23)C1=O. The predicted octanol–water partition coefficient (Wildman–Crippen LogP) is 2.72. The standard InChI is InChI=1S/C21H14N2O4/c1-12(24)22-23-20(26)16-9-5-8-14-15(10-11-17(18(14)16)21(23)27)19(25)13-6-3-2-4-7-13/h2-11H,1H3,(H,22,24). The molecule has 6 heteroatoms. The van der Waals surface area contributed by atoms with Gasteiger partial charge < -0.3 is 0 Å². The van der Waals surface area contributed by atoms with E-state index in [4.69, 9.17) is 0 Å². The molecule has 0 spiro atoms. The molecule has 0 radical (unpaired) electrons. The van der Waals surface area contributed by atoms with Gasteiger partial charge in [-0.25, -0.2) is 0 Å². The van der Waals surface area contributed by atoms with Crippen molar-refractivity contribution in [3.63, 3.8) is 0 Å². The number of nitrogens with one attached hydrogen (secondary N) is 1. The maximum absolute atomic E-state index is 12.9. The van der Waals surface area contributed by atoms with E-state index in [-0.39, 0.29) is 16.9 Å². The van der Waals surface area contributed by atoms with Gasteiger partial charge in [0.05, 0.1) is 11.1 Å². The molecule has 0 saturated carbocycles. The number of hydrogen-bond donors (Lipinski definition) is 1. The maximum atomic E-state index is 12.9. The Kier molecular flexibility index (Phi) is 3.81. The van der Waals surface area contributed by atoms with Gasteiger partial charge in [-0.1, -0.05) is 42.5 Å². The van der Waals surface area contributed by atoms with E-state index in [9.17, 15) is 19.2 Å². The first-order chi connectivity index (χ1) is 13.0. The lowest BCUT2D eigenvalue weighted by Gasteiger charge is -2.27. The van der Waals surface area contributed by atoms with E-state index < -0.39 is 17.7 Å². The van der Waals surface area contributed by atoms with Crippen molar-refractivity contribution in [2.75, 3.05) is 0 Å². The lowest BCUT2D eigenvalue weighted by atomic mass is 9.89. The van der Waals surface area contributed by atoms with Crippen LogP contribution in [0.2, 0.25) is 0 Å². The van der Waals surface area contributed by atoms with Crippen LogP contribution in [-0.2, 0) is 4.79 Å². The van der Waals surface area contributed by atoms with Crippen LogP contribution in [0.25, 0.3) is 10.8 Å². The van der Waals surface area contributed by atoms with Crippen LogP contribution in [-0.4, -0.2) is 28.5 Å². The third-order valence-electron chi connectivity index (χ3n) is 4.46. The molecule has 0 unspecified atom stereocenters. The average molecular weight is 358 g/mol. The zero-order chi connectivity index (χ0) is 19.1. The Hall–Kier alpha value is -3.80. The molecule has 132 valence electrons. The highest BCUT2D eigenvalue weighted by Crippen LogP contribution is 2.32. The van der Waals surface area contributed by atoms with Crippen LogP contribution in [0.4, 0.5) is 0 Å². The summed E-state index contributed by atoms with van der Waals surface area (Å²) < 4.78 is 0. The summed E-state index contributed by atoms with van der Waals surface area (Å²) >= 11 is 0. The Morgan fingerprint density at radius 2 is 1.48 bits per heavy atom. The number of carbonyl (C=O) groups excluding carboxylic acids is 4. The minimum absolute atomic E-state index is 0.191. The van der Waals surface area contributed by atoms with Gasteiger partial charge in [-0.3, -0.25) is 24.6 Å². The van der Waals surface area contributed by atoms with Crippen molar-refractivity contribution in [1.82, 2.24) is 10.4 Å². The van der Waals surface area contributed by atoms with E-state index in [0.29, 0.717) is 26.9 Å². The Labute approximate surface area is 154 Å². The molecule has 27 heavy (non-hydrogen) atoms. The van der Waals surface area contributed by atoms with Gasteiger partial charge in [0.1, 0.15) is 0 Å². The summed E-state index contributed by atoms with van der Waals surface area (Å²) in [5, 5.41) is 1.66. The fourth-order valence-corrected chi connectivity index (χ4v) is 3.30. The first kappa shape index (κ1) is 16.7. The molecule has 0 atom stereocenters. The summed E-state index contributed by atoms with van der Waals surface area (Å²) in [5.41, 5.74) is 3.71. The fraction of sp³-hybridized carbons (Fsp3) is 0.0476. The number of ketones is 1. The molecule has 1 N–H and O–H groups in total. The van der Waals surface area contributed by atoms with E-state index in [0.717, 1.165) is 0 Å². The van der Waals surface area contributed by atoms with Crippen molar-refractivity contribution in [3.05, 3.63) is 82.9 Å². The number of nitrogens with zero attached hydrogens (tertiary/aromatic N) is 1. The molecule has 0 aromatic heterocycles. The summed E-state index contributed by atoms with van der Waals surface area (Å²) in [6, 6.07) is 16.8. The molecule has 6 nitrogen and oxygen atoms in total. The van der Waals surface area contributed by atoms with Gasteiger partial charge in [-0.15, -0.1) is 0 Å². The molecule has 3 aromatic carbocycles. The number of hydrazine groups is 1. The molecular weight excluding hydrogens is 344 g/mol. The second-order valence-corrected chi connectivity index (χ2v) is 6.20. The molecule has 0 saturated heterocycles. The zero-order valence-corrected chi connectivity index (χ0v) is 14.4. The second kappa shape index (κ2) is 6.17. The zero-order valence-electron chi connectivity index (χ0n) is 14.4. The number of carbonyl (C=O) groups is 4. The Bertz CT molecular complexity index is 1110. The Morgan fingerprint density at radius 3 is 2.15 bits per heavy atom. The highest BCUT2D eigenvalue weighted by atomic mass is 16.2. The first-order valence-corrected chi connectivity index (χ1v) is 8.30. The van der Waals surface area contributed by atoms with Gasteiger partial charge in [-0.05, 0) is 23.6 Å². The maximum Gasteiger partial charge on any atom is 0.280 e. The van der Waals surface area contributed by atoms with Crippen LogP contribution in [0, 0.1) is 0 Å². The van der Waals surface area contributed by atoms with Crippen molar-refractivity contribution < 1.29 is 19.2 Å². The molecule has 1 aliphatic heterocycles. The Morgan fingerprint density at radius 1 is 0.815 bits per heavy atom. The third-order valence-corrected chi connectivity index (χ3v) is 4.46. The van der Waals surface area contributed by atoms with E-state index in [2.05, 4.69) is 5.43 Å². The number of rotatable bonds is 3. The van der Waals surface area contributed by atoms with Crippen molar-refractivity contribution in [3.8, 4) is 0 Å². The summed E-state index contributed by atoms with van der Waals surface area (Å²) in [5.74, 6) is -1.97. The van der Waals surface area contributed by atoms with Crippen LogP contribution in [0.5, 0.6) is 0 Å². The van der Waals surface area contributed by atoms with Gasteiger partial charge in [-0.2, -0.15) is 5.01 Å². The average Bonchev–Trinajstić information content (AvgIpc) is 2.69. The number of imide groups is 1. The third kappa shape index (κ3) is 2.58. The summed E-state index contributed by atoms with van der Waals surface area (Å²) in [4.78, 5) is 49.7. The number of benzene rings is 3. The van der Waals surface area contributed by atoms with Gasteiger partial charge in [0.15, 0.2) is 5.78 Å². The fourth-order valence-electron chi connectivity index (χ4n) is 3.30. The minimum atomic E-state index is -0.627. The Balaban J connectivity index is 1.93. The highest BCUT2D eigenvalue weighted by Gasteiger charge is 2.34. The van der Waals surface area contributed by atoms with Crippen LogP contribution < -0.4 is 5.43 Å². The van der Waals surface area contributed by atoms with Crippen molar-refractivity contribution in [2.24, 2.45) is 0 Å². The van der Waals surface area contributed by atoms with Crippen molar-refractivity contribution in [1.29, 1.82) is 0 Å². The van der Waals surface area contributed by atoms with Gasteiger partial charge >= 0.3 is 0 Å². The highest BCUT2D eigenvalue weighted by molar-refractivity contribution is 6.28. The normalized spacial score (nSPS) is 13.0. The molecule has 0 aliphatic carbocycles. The van der Waals surface area contributed by atoms with Crippen LogP contribution in [0.1, 0.15) is 43.6 Å². The minimum Gasteiger partial charge on any atom is -0.289 e. The smallest absolute Gasteiger partial charge is 0.280 e. The van der Waals surface area contributed by atoms with Gasteiger partial charge in [0.2, 0.25) is 5.91 Å². The van der Waals surface area contributed by atoms with E-state index >= 15 is 0 Å². The summed E-state index contributed by atoms with van der Waals surface area (Å²) in [7, 11) is 0. The lowest BCUT2D eigenvalue weighted by Crippen LogP contribution is -2.51. The molecule has 4 rings (SSSR count). The van der Waals surface area contributed by atoms with Gasteiger partial charge in [0, 0.05) is 23.4 Å². The van der Waals surface area contributed by atoms with E-state index in [1.165, 1.54) is 13.0 Å². The monoisotopic (exact) mass is 358 g/mol. The molecule has 0 bridgehead atoms. The topological polar surface area (TPSA) is 83.6 Å². The molecular formula is C21H14N2O4.